The first-order valence-electron chi connectivity index (χ1n) is 7.52. The largest absolute Gasteiger partial charge is 0.451 e. The fraction of sp³-hybridized carbons (Fsp3) is 0. The number of nitrogens with zero attached hydrogens (tertiary/aromatic N) is 2. The summed E-state index contributed by atoms with van der Waals surface area (Å²) in [6, 6.07) is 16.1. The Morgan fingerprint density at radius 1 is 1.12 bits per heavy atom. The van der Waals surface area contributed by atoms with Crippen molar-refractivity contribution < 1.29 is 14.0 Å². The number of para-hydroxylation sites is 2. The lowest BCUT2D eigenvalue weighted by atomic mass is 10.1. The van der Waals surface area contributed by atoms with Gasteiger partial charge in [0.15, 0.2) is 5.76 Å². The van der Waals surface area contributed by atoms with Crippen LogP contribution in [0.25, 0.3) is 17.0 Å². The van der Waals surface area contributed by atoms with Crippen LogP contribution in [0.4, 0.5) is 0 Å². The molecule has 0 fully saturated rings. The quantitative estimate of drug-likeness (QED) is 0.437. The molecule has 6 heteroatoms. The number of rotatable bonds is 2. The summed E-state index contributed by atoms with van der Waals surface area (Å²) in [5.74, 6) is 1.67. The van der Waals surface area contributed by atoms with E-state index in [2.05, 4.69) is 21.4 Å². The molecule has 25 heavy (non-hydrogen) atoms. The number of benzene rings is 2. The molecule has 2 heterocycles. The molecule has 1 aliphatic heterocycles. The molecule has 0 bridgehead atoms. The zero-order chi connectivity index (χ0) is 17.2. The van der Waals surface area contributed by atoms with Crippen LogP contribution in [-0.2, 0) is 4.79 Å². The van der Waals surface area contributed by atoms with Gasteiger partial charge in [-0.2, -0.15) is 0 Å². The van der Waals surface area contributed by atoms with Crippen LogP contribution in [0.1, 0.15) is 10.6 Å². The molecule has 0 unspecified atom stereocenters. The van der Waals surface area contributed by atoms with E-state index >= 15 is 0 Å². The van der Waals surface area contributed by atoms with Crippen LogP contribution in [0.2, 0.25) is 0 Å². The summed E-state index contributed by atoms with van der Waals surface area (Å²) in [5.41, 5.74) is 3.08. The average Bonchev–Trinajstić information content (AvgIpc) is 3.06. The summed E-state index contributed by atoms with van der Waals surface area (Å²) >= 11 is 0. The first-order chi connectivity index (χ1) is 12.2. The Balaban J connectivity index is 1.59. The summed E-state index contributed by atoms with van der Waals surface area (Å²) < 4.78 is 5.44. The lowest BCUT2D eigenvalue weighted by Crippen LogP contribution is -2.30. The molecule has 0 saturated heterocycles. The number of fused-ring (bicyclic) bond motifs is 2. The molecule has 0 aliphatic carbocycles. The zero-order valence-electron chi connectivity index (χ0n) is 12.9. The maximum Gasteiger partial charge on any atom is 0.307 e. The topological polar surface area (TPSA) is 84.0 Å². The van der Waals surface area contributed by atoms with Crippen molar-refractivity contribution in [2.75, 3.05) is 0 Å². The zero-order valence-corrected chi connectivity index (χ0v) is 12.9. The molecule has 120 valence electrons. The van der Waals surface area contributed by atoms with E-state index in [4.69, 9.17) is 4.42 Å². The Labute approximate surface area is 141 Å². The molecule has 0 radical (unpaired) electrons. The van der Waals surface area contributed by atoms with Gasteiger partial charge in [0.05, 0.1) is 5.36 Å². The Kier molecular flexibility index (Phi) is 3.57. The third-order valence-electron chi connectivity index (χ3n) is 3.67. The summed E-state index contributed by atoms with van der Waals surface area (Å²) in [7, 11) is 0. The van der Waals surface area contributed by atoms with Gasteiger partial charge in [0.25, 0.3) is 5.91 Å². The fourth-order valence-corrected chi connectivity index (χ4v) is 2.47. The molecular formula is C19H11N3O3. The molecule has 0 atom stereocenters. The van der Waals surface area contributed by atoms with Gasteiger partial charge in [-0.15, -0.1) is 5.10 Å². The van der Waals surface area contributed by atoms with Gasteiger partial charge in [0, 0.05) is 16.5 Å². The van der Waals surface area contributed by atoms with E-state index < -0.39 is 11.8 Å². The van der Waals surface area contributed by atoms with Crippen LogP contribution in [0, 0.1) is 0 Å². The minimum Gasteiger partial charge on any atom is -0.451 e. The molecule has 1 aliphatic rings. The second kappa shape index (κ2) is 6.03. The first kappa shape index (κ1) is 14.8. The van der Waals surface area contributed by atoms with Gasteiger partial charge in [-0.1, -0.05) is 36.4 Å². The van der Waals surface area contributed by atoms with E-state index in [9.17, 15) is 9.59 Å². The van der Waals surface area contributed by atoms with Crippen molar-refractivity contribution in [1.29, 1.82) is 0 Å². The maximum atomic E-state index is 12.1. The highest BCUT2D eigenvalue weighted by molar-refractivity contribution is 6.10. The smallest absolute Gasteiger partial charge is 0.307 e. The van der Waals surface area contributed by atoms with Crippen LogP contribution in [0.3, 0.4) is 0 Å². The van der Waals surface area contributed by atoms with Crippen LogP contribution in [0.5, 0.6) is 0 Å². The minimum atomic E-state index is -0.523. The number of furan rings is 1. The van der Waals surface area contributed by atoms with Crippen molar-refractivity contribution in [3.8, 4) is 0 Å². The maximum absolute atomic E-state index is 12.1. The Morgan fingerprint density at radius 3 is 2.80 bits per heavy atom. The lowest BCUT2D eigenvalue weighted by molar-refractivity contribution is -0.114. The normalized spacial score (nSPS) is 12.6. The number of amides is 2. The Morgan fingerprint density at radius 2 is 1.92 bits per heavy atom. The van der Waals surface area contributed by atoms with E-state index in [1.54, 1.807) is 30.3 Å². The van der Waals surface area contributed by atoms with E-state index in [1.807, 2.05) is 30.3 Å². The van der Waals surface area contributed by atoms with Crippen molar-refractivity contribution in [1.82, 2.24) is 5.43 Å². The number of hydrogen-bond acceptors (Lipinski definition) is 4. The average molecular weight is 329 g/mol. The summed E-state index contributed by atoms with van der Waals surface area (Å²) in [6.45, 7) is 0. The van der Waals surface area contributed by atoms with E-state index in [0.29, 0.717) is 10.9 Å². The molecule has 0 saturated carbocycles. The molecule has 3 aromatic rings. The van der Waals surface area contributed by atoms with Gasteiger partial charge in [0.1, 0.15) is 11.2 Å². The Bertz CT molecular complexity index is 1160. The molecule has 6 nitrogen and oxygen atoms in total. The number of carbonyl (C=O) groups is 2. The molecular weight excluding hydrogens is 318 g/mol. The molecule has 2 amide bonds. The Hall–Kier alpha value is -3.76. The summed E-state index contributed by atoms with van der Waals surface area (Å²) in [4.78, 5) is 28.0. The van der Waals surface area contributed by atoms with Gasteiger partial charge in [-0.25, -0.2) is 10.4 Å². The molecule has 2 aromatic carbocycles. The first-order valence-corrected chi connectivity index (χ1v) is 7.52. The number of nitrogens with one attached hydrogen (secondary N) is 1. The van der Waals surface area contributed by atoms with Crippen LogP contribution in [-0.4, -0.2) is 17.7 Å². The molecule has 1 aromatic heterocycles. The van der Waals surface area contributed by atoms with Gasteiger partial charge in [0.2, 0.25) is 0 Å². The van der Waals surface area contributed by atoms with Crippen molar-refractivity contribution >= 4 is 34.7 Å². The van der Waals surface area contributed by atoms with E-state index in [0.717, 1.165) is 10.6 Å². The number of hydrogen-bond donors (Lipinski definition) is 1. The van der Waals surface area contributed by atoms with Crippen molar-refractivity contribution in [2.24, 2.45) is 10.1 Å². The lowest BCUT2D eigenvalue weighted by Gasteiger charge is -1.99. The van der Waals surface area contributed by atoms with E-state index in [-0.39, 0.29) is 11.3 Å². The second-order valence-electron chi connectivity index (χ2n) is 5.35. The molecule has 0 spiro atoms. The highest BCUT2D eigenvalue weighted by atomic mass is 16.3. The van der Waals surface area contributed by atoms with Gasteiger partial charge < -0.3 is 4.42 Å². The van der Waals surface area contributed by atoms with Crippen molar-refractivity contribution in [2.45, 2.75) is 0 Å². The summed E-state index contributed by atoms with van der Waals surface area (Å²) in [5, 5.41) is 5.92. The molecule has 4 rings (SSSR count). The van der Waals surface area contributed by atoms with Crippen LogP contribution in [0.15, 0.2) is 74.7 Å². The van der Waals surface area contributed by atoms with Crippen molar-refractivity contribution in [3.63, 3.8) is 0 Å². The van der Waals surface area contributed by atoms with Crippen LogP contribution >= 0.6 is 0 Å². The van der Waals surface area contributed by atoms with Gasteiger partial charge in [-0.05, 0) is 24.3 Å². The fourth-order valence-electron chi connectivity index (χ4n) is 2.47. The number of hydrazone groups is 1. The monoisotopic (exact) mass is 329 g/mol. The third-order valence-corrected chi connectivity index (χ3v) is 3.67. The highest BCUT2D eigenvalue weighted by Crippen LogP contribution is 2.18. The molecule has 1 N–H and O–H groups in total. The minimum absolute atomic E-state index is 0.130. The number of carbonyl (C=O) groups excluding carboxylic acids is 2. The summed E-state index contributed by atoms with van der Waals surface area (Å²) in [6.07, 6.45) is 1.63. The SMILES string of the molecule is O=C1N=c2ccccc2=CC1=C=NNC(=O)c1cc2ccccc2o1. The van der Waals surface area contributed by atoms with Gasteiger partial charge in [-0.3, -0.25) is 9.59 Å². The predicted octanol–water partition coefficient (Wildman–Crippen LogP) is 1.31. The predicted molar refractivity (Wildman–Crippen MR) is 91.3 cm³/mol. The highest BCUT2D eigenvalue weighted by Gasteiger charge is 2.12. The second-order valence-corrected chi connectivity index (χ2v) is 5.35. The van der Waals surface area contributed by atoms with Crippen molar-refractivity contribution in [3.05, 3.63) is 76.5 Å². The van der Waals surface area contributed by atoms with E-state index in [1.165, 1.54) is 0 Å². The van der Waals surface area contributed by atoms with Crippen LogP contribution < -0.4 is 16.0 Å². The third kappa shape index (κ3) is 2.89. The van der Waals surface area contributed by atoms with Gasteiger partial charge >= 0.3 is 5.91 Å². The standard InChI is InChI=1S/C19H11N3O3/c23-18-14(9-12-5-1-3-7-15(12)21-18)11-20-22-19(24)17-10-13-6-2-4-8-16(13)25-17/h1-10H,(H,22,24).